The van der Waals surface area contributed by atoms with Gasteiger partial charge < -0.3 is 10.6 Å². The van der Waals surface area contributed by atoms with Crippen molar-refractivity contribution in [3.05, 3.63) is 65.5 Å². The lowest BCUT2D eigenvalue weighted by molar-refractivity contribution is -0.128. The summed E-state index contributed by atoms with van der Waals surface area (Å²) >= 11 is 0. The van der Waals surface area contributed by atoms with E-state index in [9.17, 15) is 22.8 Å². The number of hydrogen-bond acceptors (Lipinski definition) is 2. The van der Waals surface area contributed by atoms with Crippen LogP contribution in [0.2, 0.25) is 0 Å². The molecule has 0 aromatic heterocycles. The Morgan fingerprint density at radius 1 is 0.821 bits per heavy atom. The van der Waals surface area contributed by atoms with Gasteiger partial charge >= 0.3 is 0 Å². The zero-order valence-corrected chi connectivity index (χ0v) is 15.2. The van der Waals surface area contributed by atoms with Crippen molar-refractivity contribution < 1.29 is 22.8 Å². The first-order valence-electron chi connectivity index (χ1n) is 9.21. The maximum absolute atomic E-state index is 13.6. The first-order chi connectivity index (χ1) is 13.4. The minimum absolute atomic E-state index is 0.127. The molecule has 148 valence electrons. The molecule has 7 heteroatoms. The van der Waals surface area contributed by atoms with Gasteiger partial charge in [-0.3, -0.25) is 9.59 Å². The molecule has 1 aliphatic carbocycles. The van der Waals surface area contributed by atoms with Crippen LogP contribution in [0.15, 0.2) is 42.5 Å². The molecule has 2 amide bonds. The monoisotopic (exact) mass is 390 g/mol. The van der Waals surface area contributed by atoms with Crippen LogP contribution in [0.5, 0.6) is 0 Å². The van der Waals surface area contributed by atoms with Crippen molar-refractivity contribution in [3.63, 3.8) is 0 Å². The quantitative estimate of drug-likeness (QED) is 0.805. The third-order valence-corrected chi connectivity index (χ3v) is 5.07. The molecular formula is C21H21F3N2O2. The molecule has 1 saturated carbocycles. The van der Waals surface area contributed by atoms with E-state index in [-0.39, 0.29) is 41.7 Å². The van der Waals surface area contributed by atoms with E-state index in [4.69, 9.17) is 0 Å². The molecule has 0 atom stereocenters. The third-order valence-electron chi connectivity index (χ3n) is 5.07. The van der Waals surface area contributed by atoms with Crippen molar-refractivity contribution in [2.24, 2.45) is 11.8 Å². The third kappa shape index (κ3) is 4.91. The Hall–Kier alpha value is -2.83. The number of carbonyl (C=O) groups excluding carboxylic acids is 2. The van der Waals surface area contributed by atoms with Gasteiger partial charge in [0, 0.05) is 35.7 Å². The number of anilines is 1. The van der Waals surface area contributed by atoms with Crippen LogP contribution in [0.1, 0.15) is 31.2 Å². The first kappa shape index (κ1) is 19.9. The number of carbonyl (C=O) groups is 2. The van der Waals surface area contributed by atoms with E-state index in [0.717, 1.165) is 12.1 Å². The number of halogens is 3. The summed E-state index contributed by atoms with van der Waals surface area (Å²) in [7, 11) is 0. The molecule has 0 heterocycles. The summed E-state index contributed by atoms with van der Waals surface area (Å²) in [4.78, 5) is 24.6. The lowest BCUT2D eigenvalue weighted by atomic mass is 9.81. The van der Waals surface area contributed by atoms with Crippen LogP contribution in [-0.2, 0) is 16.1 Å². The van der Waals surface area contributed by atoms with Crippen molar-refractivity contribution >= 4 is 17.5 Å². The Morgan fingerprint density at radius 3 is 2.11 bits per heavy atom. The second-order valence-corrected chi connectivity index (χ2v) is 6.98. The lowest BCUT2D eigenvalue weighted by Crippen LogP contribution is -2.35. The number of hydrogen-bond donors (Lipinski definition) is 2. The Balaban J connectivity index is 1.46. The molecule has 1 aliphatic rings. The molecular weight excluding hydrogens is 369 g/mol. The largest absolute Gasteiger partial charge is 0.352 e. The van der Waals surface area contributed by atoms with E-state index in [1.54, 1.807) is 18.2 Å². The fourth-order valence-corrected chi connectivity index (χ4v) is 3.40. The molecule has 4 nitrogen and oxygen atoms in total. The molecule has 0 aliphatic heterocycles. The molecule has 0 unspecified atom stereocenters. The standard InChI is InChI=1S/C21H21F3N2O2/c22-17-4-2-1-3-15(17)12-25-20(27)13-5-7-14(8-6-13)21(28)26-16-9-10-18(23)19(24)11-16/h1-4,9-11,13-14H,5-8,12H2,(H,25,27)(H,26,28). The minimum Gasteiger partial charge on any atom is -0.352 e. The molecule has 2 aromatic rings. The van der Waals surface area contributed by atoms with Gasteiger partial charge in [-0.15, -0.1) is 0 Å². The van der Waals surface area contributed by atoms with Gasteiger partial charge in [0.2, 0.25) is 11.8 Å². The summed E-state index contributed by atoms with van der Waals surface area (Å²) in [5.74, 6) is -3.28. The molecule has 1 fully saturated rings. The summed E-state index contributed by atoms with van der Waals surface area (Å²) in [5.41, 5.74) is 0.629. The zero-order chi connectivity index (χ0) is 20.1. The second kappa shape index (κ2) is 8.91. The van der Waals surface area contributed by atoms with Gasteiger partial charge in [0.25, 0.3) is 0 Å². The van der Waals surface area contributed by atoms with Gasteiger partial charge in [-0.05, 0) is 43.9 Å². The number of rotatable bonds is 5. The molecule has 0 radical (unpaired) electrons. The molecule has 0 saturated heterocycles. The minimum atomic E-state index is -1.02. The summed E-state index contributed by atoms with van der Waals surface area (Å²) in [6, 6.07) is 9.47. The topological polar surface area (TPSA) is 58.2 Å². The van der Waals surface area contributed by atoms with Crippen molar-refractivity contribution in [2.75, 3.05) is 5.32 Å². The number of benzene rings is 2. The Labute approximate surface area is 161 Å². The second-order valence-electron chi connectivity index (χ2n) is 6.98. The van der Waals surface area contributed by atoms with Crippen LogP contribution in [0.25, 0.3) is 0 Å². The van der Waals surface area contributed by atoms with Gasteiger partial charge in [-0.25, -0.2) is 13.2 Å². The predicted molar refractivity (Wildman–Crippen MR) is 98.7 cm³/mol. The van der Waals surface area contributed by atoms with E-state index >= 15 is 0 Å². The zero-order valence-electron chi connectivity index (χ0n) is 15.2. The molecule has 2 N–H and O–H groups in total. The Kier molecular flexibility index (Phi) is 6.34. The number of nitrogens with one attached hydrogen (secondary N) is 2. The predicted octanol–water partition coefficient (Wildman–Crippen LogP) is 4.17. The van der Waals surface area contributed by atoms with Crippen molar-refractivity contribution in [3.8, 4) is 0 Å². The van der Waals surface area contributed by atoms with Crippen LogP contribution in [0.4, 0.5) is 18.9 Å². The van der Waals surface area contributed by atoms with Crippen molar-refractivity contribution in [1.29, 1.82) is 0 Å². The van der Waals surface area contributed by atoms with Gasteiger partial charge in [-0.2, -0.15) is 0 Å². The summed E-state index contributed by atoms with van der Waals surface area (Å²) in [6.45, 7) is 0.127. The fraction of sp³-hybridized carbons (Fsp3) is 0.333. The Morgan fingerprint density at radius 2 is 1.46 bits per heavy atom. The van der Waals surface area contributed by atoms with Crippen LogP contribution >= 0.6 is 0 Å². The maximum Gasteiger partial charge on any atom is 0.227 e. The highest BCUT2D eigenvalue weighted by atomic mass is 19.2. The highest BCUT2D eigenvalue weighted by molar-refractivity contribution is 5.92. The average molecular weight is 390 g/mol. The van der Waals surface area contributed by atoms with Crippen molar-refractivity contribution in [2.45, 2.75) is 32.2 Å². The van der Waals surface area contributed by atoms with E-state index in [1.165, 1.54) is 12.1 Å². The van der Waals surface area contributed by atoms with Crippen LogP contribution in [0, 0.1) is 29.3 Å². The van der Waals surface area contributed by atoms with Crippen LogP contribution in [0.3, 0.4) is 0 Å². The SMILES string of the molecule is O=C(NCc1ccccc1F)C1CCC(C(=O)Nc2ccc(F)c(F)c2)CC1. The normalized spacial score (nSPS) is 19.1. The molecule has 0 bridgehead atoms. The van der Waals surface area contributed by atoms with Gasteiger partial charge in [-0.1, -0.05) is 18.2 Å². The summed E-state index contributed by atoms with van der Waals surface area (Å²) in [5, 5.41) is 5.34. The van der Waals surface area contributed by atoms with E-state index in [1.807, 2.05) is 0 Å². The van der Waals surface area contributed by atoms with Crippen LogP contribution in [-0.4, -0.2) is 11.8 Å². The molecule has 2 aromatic carbocycles. The average Bonchev–Trinajstić information content (AvgIpc) is 2.70. The molecule has 28 heavy (non-hydrogen) atoms. The van der Waals surface area contributed by atoms with Gasteiger partial charge in [0.15, 0.2) is 11.6 Å². The van der Waals surface area contributed by atoms with E-state index in [0.29, 0.717) is 31.2 Å². The number of amides is 2. The van der Waals surface area contributed by atoms with Gasteiger partial charge in [0.1, 0.15) is 5.82 Å². The van der Waals surface area contributed by atoms with Gasteiger partial charge in [0.05, 0.1) is 0 Å². The highest BCUT2D eigenvalue weighted by Crippen LogP contribution is 2.30. The summed E-state index contributed by atoms with van der Waals surface area (Å²) in [6.07, 6.45) is 2.12. The maximum atomic E-state index is 13.6. The fourth-order valence-electron chi connectivity index (χ4n) is 3.40. The van der Waals surface area contributed by atoms with E-state index < -0.39 is 11.6 Å². The van der Waals surface area contributed by atoms with Crippen molar-refractivity contribution in [1.82, 2.24) is 5.32 Å². The van der Waals surface area contributed by atoms with E-state index in [2.05, 4.69) is 10.6 Å². The lowest BCUT2D eigenvalue weighted by Gasteiger charge is -2.27. The Bertz CT molecular complexity index is 864. The highest BCUT2D eigenvalue weighted by Gasteiger charge is 2.30. The summed E-state index contributed by atoms with van der Waals surface area (Å²) < 4.78 is 39.8. The first-order valence-corrected chi connectivity index (χ1v) is 9.21. The van der Waals surface area contributed by atoms with Crippen LogP contribution < -0.4 is 10.6 Å². The molecule has 3 rings (SSSR count). The molecule has 0 spiro atoms. The smallest absolute Gasteiger partial charge is 0.227 e.